The first-order valence-corrected chi connectivity index (χ1v) is 11.0. The number of benzene rings is 1. The summed E-state index contributed by atoms with van der Waals surface area (Å²) < 4.78 is 1.71. The topological polar surface area (TPSA) is 117 Å². The molecule has 2 aromatic rings. The van der Waals surface area contributed by atoms with Gasteiger partial charge in [0.05, 0.1) is 17.9 Å². The van der Waals surface area contributed by atoms with Crippen LogP contribution in [0.1, 0.15) is 50.8 Å². The number of hydrogen-bond donors (Lipinski definition) is 2. The third-order valence-corrected chi connectivity index (χ3v) is 5.83. The molecule has 1 aromatic carbocycles. The smallest absolute Gasteiger partial charge is 0.329 e. The van der Waals surface area contributed by atoms with Crippen LogP contribution in [-0.4, -0.2) is 50.7 Å². The molecule has 0 radical (unpaired) electrons. The van der Waals surface area contributed by atoms with Crippen molar-refractivity contribution in [2.24, 2.45) is 5.73 Å². The molecule has 2 aliphatic heterocycles. The Labute approximate surface area is 186 Å². The zero-order valence-corrected chi connectivity index (χ0v) is 18.5. The summed E-state index contributed by atoms with van der Waals surface area (Å²) in [5.74, 6) is 0.515. The number of urea groups is 1. The summed E-state index contributed by atoms with van der Waals surface area (Å²) in [5, 5.41) is 11.0. The highest BCUT2D eigenvalue weighted by Crippen LogP contribution is 2.33. The van der Waals surface area contributed by atoms with Gasteiger partial charge in [-0.3, -0.25) is 14.6 Å². The first-order chi connectivity index (χ1) is 15.4. The van der Waals surface area contributed by atoms with Crippen molar-refractivity contribution in [3.05, 3.63) is 35.5 Å². The van der Waals surface area contributed by atoms with Crippen LogP contribution in [0.25, 0.3) is 5.69 Å². The molecule has 0 saturated carbocycles. The van der Waals surface area contributed by atoms with Gasteiger partial charge in [-0.15, -0.1) is 0 Å². The van der Waals surface area contributed by atoms with Gasteiger partial charge in [-0.2, -0.15) is 5.10 Å². The van der Waals surface area contributed by atoms with Gasteiger partial charge in [0, 0.05) is 44.2 Å². The van der Waals surface area contributed by atoms with E-state index in [2.05, 4.69) is 12.2 Å². The summed E-state index contributed by atoms with van der Waals surface area (Å²) in [6.07, 6.45) is 3.25. The molecule has 1 aromatic heterocycles. The molecule has 10 nitrogen and oxygen atoms in total. The molecule has 170 valence electrons. The number of aromatic nitrogens is 2. The normalized spacial score (nSPS) is 15.8. The van der Waals surface area contributed by atoms with Crippen LogP contribution in [0.15, 0.2) is 24.3 Å². The van der Waals surface area contributed by atoms with Gasteiger partial charge in [-0.05, 0) is 37.1 Å². The molecule has 0 bridgehead atoms. The Morgan fingerprint density at radius 1 is 1.19 bits per heavy atom. The number of nitrogens with zero attached hydrogens (tertiary/aromatic N) is 5. The number of hydrogen-bond acceptors (Lipinski definition) is 5. The lowest BCUT2D eigenvalue weighted by molar-refractivity contribution is -0.117. The maximum absolute atomic E-state index is 12.0. The van der Waals surface area contributed by atoms with E-state index in [-0.39, 0.29) is 11.8 Å². The van der Waals surface area contributed by atoms with E-state index in [9.17, 15) is 14.4 Å². The number of hydrazine groups is 1. The quantitative estimate of drug-likeness (QED) is 0.687. The van der Waals surface area contributed by atoms with Crippen molar-refractivity contribution in [3.63, 3.8) is 0 Å². The van der Waals surface area contributed by atoms with Crippen molar-refractivity contribution in [2.45, 2.75) is 52.6 Å². The first-order valence-electron chi connectivity index (χ1n) is 11.0. The first kappa shape index (κ1) is 21.8. The number of nitrogens with one attached hydrogen (secondary N) is 1. The lowest BCUT2D eigenvalue weighted by Gasteiger charge is -2.30. The predicted octanol–water partition coefficient (Wildman–Crippen LogP) is 2.37. The summed E-state index contributed by atoms with van der Waals surface area (Å²) >= 11 is 0. The second kappa shape index (κ2) is 8.99. The second-order valence-corrected chi connectivity index (χ2v) is 8.17. The molecule has 0 spiro atoms. The van der Waals surface area contributed by atoms with Crippen LogP contribution in [-0.2, 0) is 22.7 Å². The maximum atomic E-state index is 12.0. The SMILES string of the molecule is CCCCN(C(N)=O)N1Cc2nn(-c3ccc(N4CCCC4=O)cc3)c(NC(C)=O)c2C1. The zero-order chi connectivity index (χ0) is 22.8. The van der Waals surface area contributed by atoms with Crippen molar-refractivity contribution in [2.75, 3.05) is 23.3 Å². The van der Waals surface area contributed by atoms with Crippen LogP contribution in [0.4, 0.5) is 16.3 Å². The van der Waals surface area contributed by atoms with E-state index in [4.69, 9.17) is 10.8 Å². The molecule has 4 amide bonds. The van der Waals surface area contributed by atoms with E-state index >= 15 is 0 Å². The summed E-state index contributed by atoms with van der Waals surface area (Å²) in [6.45, 7) is 5.65. The van der Waals surface area contributed by atoms with Crippen LogP contribution in [0.5, 0.6) is 0 Å². The van der Waals surface area contributed by atoms with E-state index < -0.39 is 6.03 Å². The van der Waals surface area contributed by atoms with Gasteiger partial charge < -0.3 is 16.0 Å². The van der Waals surface area contributed by atoms with Gasteiger partial charge >= 0.3 is 6.03 Å². The van der Waals surface area contributed by atoms with Gasteiger partial charge in [-0.1, -0.05) is 13.3 Å². The van der Waals surface area contributed by atoms with Gasteiger partial charge in [0.15, 0.2) is 0 Å². The minimum absolute atomic E-state index is 0.136. The Hall–Kier alpha value is -3.40. The largest absolute Gasteiger partial charge is 0.350 e. The van der Waals surface area contributed by atoms with Crippen LogP contribution < -0.4 is 16.0 Å². The fourth-order valence-electron chi connectivity index (χ4n) is 4.25. The van der Waals surface area contributed by atoms with Crippen LogP contribution in [0, 0.1) is 0 Å². The van der Waals surface area contributed by atoms with Crippen LogP contribution in [0.3, 0.4) is 0 Å². The highest BCUT2D eigenvalue weighted by atomic mass is 16.2. The van der Waals surface area contributed by atoms with Crippen LogP contribution in [0.2, 0.25) is 0 Å². The third kappa shape index (κ3) is 4.18. The molecular formula is C22H29N7O3. The Morgan fingerprint density at radius 2 is 1.91 bits per heavy atom. The fraction of sp³-hybridized carbons (Fsp3) is 0.455. The number of carbonyl (C=O) groups is 3. The Kier molecular flexibility index (Phi) is 6.13. The number of carbonyl (C=O) groups excluding carboxylic acids is 3. The summed E-state index contributed by atoms with van der Waals surface area (Å²) in [6, 6.07) is 7.08. The second-order valence-electron chi connectivity index (χ2n) is 8.17. The standard InChI is InChI=1S/C22H29N7O3/c1-3-4-12-28(22(23)32)26-13-18-19(14-26)25-29(21(18)24-15(2)30)17-9-7-16(8-10-17)27-11-5-6-20(27)31/h7-10H,3-6,11-14H2,1-2H3,(H2,23,32)(H,24,30). The monoisotopic (exact) mass is 439 g/mol. The molecule has 0 aliphatic carbocycles. The number of amides is 4. The number of fused-ring (bicyclic) bond motifs is 1. The minimum Gasteiger partial charge on any atom is -0.350 e. The number of rotatable bonds is 7. The molecule has 10 heteroatoms. The van der Waals surface area contributed by atoms with E-state index in [1.54, 1.807) is 14.6 Å². The van der Waals surface area contributed by atoms with Crippen molar-refractivity contribution in [1.29, 1.82) is 0 Å². The molecule has 1 saturated heterocycles. The average Bonchev–Trinajstić information content (AvgIpc) is 3.44. The number of nitrogens with two attached hydrogens (primary N) is 1. The van der Waals surface area contributed by atoms with Crippen LogP contribution >= 0.6 is 0 Å². The van der Waals surface area contributed by atoms with E-state index in [0.29, 0.717) is 31.9 Å². The van der Waals surface area contributed by atoms with E-state index in [0.717, 1.165) is 48.4 Å². The molecule has 2 aliphatic rings. The lowest BCUT2D eigenvalue weighted by Crippen LogP contribution is -2.47. The molecule has 0 unspecified atom stereocenters. The number of unbranched alkanes of at least 4 members (excludes halogenated alkanes) is 1. The molecule has 0 atom stereocenters. The highest BCUT2D eigenvalue weighted by molar-refractivity contribution is 5.95. The van der Waals surface area contributed by atoms with E-state index in [1.807, 2.05) is 29.3 Å². The number of primary amides is 1. The average molecular weight is 440 g/mol. The van der Waals surface area contributed by atoms with Crippen molar-refractivity contribution in [1.82, 2.24) is 19.8 Å². The molecule has 3 heterocycles. The molecule has 1 fully saturated rings. The molecular weight excluding hydrogens is 410 g/mol. The van der Waals surface area contributed by atoms with Crippen molar-refractivity contribution >= 4 is 29.4 Å². The van der Waals surface area contributed by atoms with Crippen molar-refractivity contribution in [3.8, 4) is 5.69 Å². The Balaban J connectivity index is 1.61. The highest BCUT2D eigenvalue weighted by Gasteiger charge is 2.33. The number of anilines is 2. The summed E-state index contributed by atoms with van der Waals surface area (Å²) in [4.78, 5) is 37.7. The summed E-state index contributed by atoms with van der Waals surface area (Å²) in [5.41, 5.74) is 8.89. The molecule has 3 N–H and O–H groups in total. The Morgan fingerprint density at radius 3 is 2.50 bits per heavy atom. The van der Waals surface area contributed by atoms with Crippen molar-refractivity contribution < 1.29 is 14.4 Å². The van der Waals surface area contributed by atoms with Gasteiger partial charge in [0.1, 0.15) is 5.82 Å². The van der Waals surface area contributed by atoms with Gasteiger partial charge in [0.2, 0.25) is 11.8 Å². The third-order valence-electron chi connectivity index (χ3n) is 5.83. The Bertz CT molecular complexity index is 1030. The van der Waals surface area contributed by atoms with Gasteiger partial charge in [-0.25, -0.2) is 14.5 Å². The minimum atomic E-state index is -0.496. The lowest BCUT2D eigenvalue weighted by atomic mass is 10.2. The van der Waals surface area contributed by atoms with Gasteiger partial charge in [0.25, 0.3) is 0 Å². The molecule has 4 rings (SSSR count). The predicted molar refractivity (Wildman–Crippen MR) is 120 cm³/mol. The molecule has 32 heavy (non-hydrogen) atoms. The fourth-order valence-corrected chi connectivity index (χ4v) is 4.25. The van der Waals surface area contributed by atoms with E-state index in [1.165, 1.54) is 6.92 Å². The maximum Gasteiger partial charge on any atom is 0.329 e. The zero-order valence-electron chi connectivity index (χ0n) is 18.5. The summed E-state index contributed by atoms with van der Waals surface area (Å²) in [7, 11) is 0.